The standard InChI is InChI=1S/C21H24N4O3S/c1-13-17-20(22-12-24(2)21(17)27)29-18(13)19(26)23-14-8-10-25(11-9-14)15-4-6-16(28-3)7-5-15/h4-7,12,14H,8-11H2,1-3H3,(H,23,26). The molecule has 4 rings (SSSR count). The highest BCUT2D eigenvalue weighted by Crippen LogP contribution is 2.27. The minimum atomic E-state index is -0.115. The van der Waals surface area contributed by atoms with E-state index < -0.39 is 0 Å². The first-order valence-electron chi connectivity index (χ1n) is 9.62. The first kappa shape index (κ1) is 19.4. The van der Waals surface area contributed by atoms with Gasteiger partial charge in [-0.15, -0.1) is 11.3 Å². The number of fused-ring (bicyclic) bond motifs is 1. The zero-order valence-electron chi connectivity index (χ0n) is 16.8. The van der Waals surface area contributed by atoms with E-state index in [1.165, 1.54) is 22.2 Å². The second kappa shape index (κ2) is 7.87. The number of anilines is 1. The van der Waals surface area contributed by atoms with E-state index in [4.69, 9.17) is 4.74 Å². The fourth-order valence-corrected chi connectivity index (χ4v) is 4.79. The fourth-order valence-electron chi connectivity index (χ4n) is 3.75. The number of nitrogens with zero attached hydrogens (tertiary/aromatic N) is 3. The van der Waals surface area contributed by atoms with E-state index in [9.17, 15) is 9.59 Å². The van der Waals surface area contributed by atoms with E-state index in [1.54, 1.807) is 14.2 Å². The molecule has 2 aromatic heterocycles. The van der Waals surface area contributed by atoms with E-state index in [1.807, 2.05) is 19.1 Å². The Bertz CT molecular complexity index is 1100. The average Bonchev–Trinajstić information content (AvgIpc) is 3.08. The summed E-state index contributed by atoms with van der Waals surface area (Å²) in [7, 11) is 3.33. The van der Waals surface area contributed by atoms with Crippen molar-refractivity contribution in [2.75, 3.05) is 25.1 Å². The monoisotopic (exact) mass is 412 g/mol. The summed E-state index contributed by atoms with van der Waals surface area (Å²) in [4.78, 5) is 33.0. The Morgan fingerprint density at radius 2 is 1.93 bits per heavy atom. The third kappa shape index (κ3) is 3.72. The number of aromatic nitrogens is 2. The topological polar surface area (TPSA) is 76.5 Å². The molecule has 0 atom stereocenters. The molecule has 1 saturated heterocycles. The van der Waals surface area contributed by atoms with Gasteiger partial charge in [0.05, 0.1) is 23.7 Å². The van der Waals surface area contributed by atoms with Crippen molar-refractivity contribution in [2.45, 2.75) is 25.8 Å². The molecule has 29 heavy (non-hydrogen) atoms. The molecule has 1 aliphatic rings. The number of rotatable bonds is 4. The van der Waals surface area contributed by atoms with E-state index in [0.29, 0.717) is 20.7 Å². The number of ether oxygens (including phenoxy) is 1. The van der Waals surface area contributed by atoms with Crippen LogP contribution >= 0.6 is 11.3 Å². The largest absolute Gasteiger partial charge is 0.497 e. The van der Waals surface area contributed by atoms with Crippen LogP contribution in [-0.4, -0.2) is 41.7 Å². The molecule has 0 spiro atoms. The molecule has 1 N–H and O–H groups in total. The molecule has 7 nitrogen and oxygen atoms in total. The summed E-state index contributed by atoms with van der Waals surface area (Å²) in [5.41, 5.74) is 1.76. The van der Waals surface area contributed by atoms with Gasteiger partial charge in [-0.05, 0) is 49.6 Å². The Labute approximate surface area is 172 Å². The first-order chi connectivity index (χ1) is 14.0. The Morgan fingerprint density at radius 3 is 2.59 bits per heavy atom. The molecule has 0 bridgehead atoms. The Morgan fingerprint density at radius 1 is 1.24 bits per heavy atom. The van der Waals surface area contributed by atoms with Gasteiger partial charge in [0.2, 0.25) is 0 Å². The van der Waals surface area contributed by atoms with Crippen LogP contribution in [0, 0.1) is 6.92 Å². The van der Waals surface area contributed by atoms with Crippen LogP contribution in [0.3, 0.4) is 0 Å². The van der Waals surface area contributed by atoms with E-state index in [-0.39, 0.29) is 17.5 Å². The minimum Gasteiger partial charge on any atom is -0.497 e. The van der Waals surface area contributed by atoms with Gasteiger partial charge in [0.25, 0.3) is 11.5 Å². The van der Waals surface area contributed by atoms with Gasteiger partial charge in [0.1, 0.15) is 10.6 Å². The second-order valence-electron chi connectivity index (χ2n) is 7.33. The van der Waals surface area contributed by atoms with Crippen molar-refractivity contribution in [1.29, 1.82) is 0 Å². The number of carbonyl (C=O) groups is 1. The van der Waals surface area contributed by atoms with Gasteiger partial charge in [-0.25, -0.2) is 4.98 Å². The first-order valence-corrected chi connectivity index (χ1v) is 10.4. The predicted molar refractivity (Wildman–Crippen MR) is 115 cm³/mol. The summed E-state index contributed by atoms with van der Waals surface area (Å²) >= 11 is 1.29. The Hall–Kier alpha value is -2.87. The van der Waals surface area contributed by atoms with E-state index in [0.717, 1.165) is 37.4 Å². The number of amides is 1. The normalized spacial score (nSPS) is 14.9. The smallest absolute Gasteiger partial charge is 0.262 e. The SMILES string of the molecule is COc1ccc(N2CCC(NC(=O)c3sc4ncn(C)c(=O)c4c3C)CC2)cc1. The summed E-state index contributed by atoms with van der Waals surface area (Å²) in [6, 6.07) is 8.17. The highest BCUT2D eigenvalue weighted by atomic mass is 32.1. The molecule has 152 valence electrons. The molecule has 0 aliphatic carbocycles. The van der Waals surface area contributed by atoms with Crippen LogP contribution in [0.5, 0.6) is 5.75 Å². The molecule has 1 fully saturated rings. The van der Waals surface area contributed by atoms with Gasteiger partial charge in [0, 0.05) is 31.9 Å². The minimum absolute atomic E-state index is 0.115. The highest BCUT2D eigenvalue weighted by molar-refractivity contribution is 7.20. The molecule has 8 heteroatoms. The Balaban J connectivity index is 1.42. The molecule has 1 aromatic carbocycles. The summed E-state index contributed by atoms with van der Waals surface area (Å²) in [6.07, 6.45) is 3.25. The van der Waals surface area contributed by atoms with Gasteiger partial charge < -0.3 is 19.5 Å². The van der Waals surface area contributed by atoms with Crippen LogP contribution in [-0.2, 0) is 7.05 Å². The number of benzene rings is 1. The lowest BCUT2D eigenvalue weighted by molar-refractivity contribution is 0.0935. The number of carbonyl (C=O) groups excluding carboxylic acids is 1. The van der Waals surface area contributed by atoms with Crippen molar-refractivity contribution in [3.8, 4) is 5.75 Å². The van der Waals surface area contributed by atoms with Crippen LogP contribution in [0.25, 0.3) is 10.2 Å². The molecule has 1 aliphatic heterocycles. The van der Waals surface area contributed by atoms with Crippen molar-refractivity contribution in [1.82, 2.24) is 14.9 Å². The summed E-state index contributed by atoms with van der Waals surface area (Å²) in [6.45, 7) is 3.58. The van der Waals surface area contributed by atoms with Crippen LogP contribution < -0.4 is 20.5 Å². The van der Waals surface area contributed by atoms with Crippen LogP contribution in [0.2, 0.25) is 0 Å². The number of aryl methyl sites for hydroxylation is 2. The van der Waals surface area contributed by atoms with Gasteiger partial charge >= 0.3 is 0 Å². The quantitative estimate of drug-likeness (QED) is 0.713. The molecule has 0 unspecified atom stereocenters. The molecule has 0 saturated carbocycles. The number of methoxy groups -OCH3 is 1. The summed E-state index contributed by atoms with van der Waals surface area (Å²) in [5, 5.41) is 3.69. The van der Waals surface area contributed by atoms with Crippen LogP contribution in [0.1, 0.15) is 28.1 Å². The maximum absolute atomic E-state index is 12.9. The van der Waals surface area contributed by atoms with Crippen molar-refractivity contribution < 1.29 is 9.53 Å². The second-order valence-corrected chi connectivity index (χ2v) is 8.33. The molecule has 3 aromatic rings. The van der Waals surface area contributed by atoms with Crippen molar-refractivity contribution in [3.63, 3.8) is 0 Å². The maximum Gasteiger partial charge on any atom is 0.262 e. The van der Waals surface area contributed by atoms with Gasteiger partial charge in [0.15, 0.2) is 0 Å². The zero-order valence-corrected chi connectivity index (χ0v) is 17.6. The van der Waals surface area contributed by atoms with E-state index in [2.05, 4.69) is 27.3 Å². The van der Waals surface area contributed by atoms with E-state index >= 15 is 0 Å². The van der Waals surface area contributed by atoms with Crippen LogP contribution in [0.4, 0.5) is 5.69 Å². The number of piperidine rings is 1. The fraction of sp³-hybridized carbons (Fsp3) is 0.381. The third-order valence-electron chi connectivity index (χ3n) is 5.48. The lowest BCUT2D eigenvalue weighted by atomic mass is 10.0. The molecule has 0 radical (unpaired) electrons. The molecular formula is C21H24N4O3S. The van der Waals surface area contributed by atoms with Gasteiger partial charge in [-0.2, -0.15) is 0 Å². The lowest BCUT2D eigenvalue weighted by Gasteiger charge is -2.34. The van der Waals surface area contributed by atoms with Gasteiger partial charge in [-0.1, -0.05) is 0 Å². The van der Waals surface area contributed by atoms with Crippen molar-refractivity contribution in [3.05, 3.63) is 51.4 Å². The zero-order chi connectivity index (χ0) is 20.5. The van der Waals surface area contributed by atoms with Crippen molar-refractivity contribution in [2.24, 2.45) is 7.05 Å². The molecule has 3 heterocycles. The Kier molecular flexibility index (Phi) is 5.27. The molecule has 1 amide bonds. The number of hydrogen-bond donors (Lipinski definition) is 1. The number of thiophene rings is 1. The highest BCUT2D eigenvalue weighted by Gasteiger charge is 2.24. The van der Waals surface area contributed by atoms with Crippen molar-refractivity contribution >= 4 is 33.1 Å². The number of hydrogen-bond acceptors (Lipinski definition) is 6. The van der Waals surface area contributed by atoms with Crippen LogP contribution in [0.15, 0.2) is 35.4 Å². The maximum atomic E-state index is 12.9. The van der Waals surface area contributed by atoms with Gasteiger partial charge in [-0.3, -0.25) is 9.59 Å². The number of nitrogens with one attached hydrogen (secondary N) is 1. The lowest BCUT2D eigenvalue weighted by Crippen LogP contribution is -2.44. The summed E-state index contributed by atoms with van der Waals surface area (Å²) < 4.78 is 6.66. The molecular weight excluding hydrogens is 388 g/mol. The average molecular weight is 413 g/mol. The summed E-state index contributed by atoms with van der Waals surface area (Å²) in [5.74, 6) is 0.731. The third-order valence-corrected chi connectivity index (χ3v) is 6.68. The predicted octanol–water partition coefficient (Wildman–Crippen LogP) is 2.71.